The molecule has 1 atom stereocenters. The molecule has 0 unspecified atom stereocenters. The number of sulfonamides is 1. The summed E-state index contributed by atoms with van der Waals surface area (Å²) in [6, 6.07) is 2.20. The molecule has 1 aromatic rings. The first-order valence-corrected chi connectivity index (χ1v) is 12.1. The van der Waals surface area contributed by atoms with Gasteiger partial charge in [-0.2, -0.15) is 4.31 Å². The van der Waals surface area contributed by atoms with Crippen molar-refractivity contribution < 1.29 is 26.7 Å². The maximum absolute atomic E-state index is 14.8. The van der Waals surface area contributed by atoms with Crippen LogP contribution in [0.2, 0.25) is 0 Å². The van der Waals surface area contributed by atoms with Gasteiger partial charge >= 0.3 is 6.09 Å². The number of rotatable bonds is 7. The summed E-state index contributed by atoms with van der Waals surface area (Å²) in [5.41, 5.74) is -0.159. The van der Waals surface area contributed by atoms with E-state index in [4.69, 9.17) is 17.0 Å². The van der Waals surface area contributed by atoms with Crippen molar-refractivity contribution in [1.29, 1.82) is 0 Å². The normalized spacial score (nSPS) is 20.1. The van der Waals surface area contributed by atoms with Crippen molar-refractivity contribution in [2.24, 2.45) is 0 Å². The molecule has 2 aliphatic heterocycles. The van der Waals surface area contributed by atoms with Gasteiger partial charge < -0.3 is 15.0 Å². The van der Waals surface area contributed by atoms with E-state index in [1.54, 1.807) is 6.92 Å². The van der Waals surface area contributed by atoms with E-state index >= 15 is 0 Å². The maximum Gasteiger partial charge on any atom is 0.414 e. The van der Waals surface area contributed by atoms with Crippen molar-refractivity contribution in [3.05, 3.63) is 23.8 Å². The van der Waals surface area contributed by atoms with Gasteiger partial charge in [-0.1, -0.05) is 19.1 Å². The third-order valence-electron chi connectivity index (χ3n) is 5.35. The lowest BCUT2D eigenvalue weighted by Gasteiger charge is -2.35. The molecule has 0 spiro atoms. The highest BCUT2D eigenvalue weighted by molar-refractivity contribution is 7.89. The molecule has 1 aromatic carbocycles. The molecule has 2 saturated heterocycles. The summed E-state index contributed by atoms with van der Waals surface area (Å²) in [6.07, 6.45) is -0.508. The van der Waals surface area contributed by atoms with Crippen LogP contribution in [0.25, 0.3) is 0 Å². The van der Waals surface area contributed by atoms with Gasteiger partial charge in [0.1, 0.15) is 11.8 Å². The van der Waals surface area contributed by atoms with Gasteiger partial charge in [-0.05, 0) is 13.3 Å². The molecule has 0 aliphatic carbocycles. The number of cyclic esters (lactones) is 1. The minimum absolute atomic E-state index is 0.0168. The molecule has 2 aliphatic rings. The second kappa shape index (κ2) is 9.61. The Morgan fingerprint density at radius 2 is 1.81 bits per heavy atom. The molecular weight excluding hydrogens is 450 g/mol. The smallest absolute Gasteiger partial charge is 0.414 e. The van der Waals surface area contributed by atoms with Crippen LogP contribution in [0.5, 0.6) is 0 Å². The largest absolute Gasteiger partial charge is 0.442 e. The molecular formula is C19H26F2N4O4S2. The summed E-state index contributed by atoms with van der Waals surface area (Å²) in [4.78, 5) is 15.5. The van der Waals surface area contributed by atoms with Gasteiger partial charge in [-0.25, -0.2) is 22.0 Å². The third-order valence-corrected chi connectivity index (χ3v) is 7.66. The van der Waals surface area contributed by atoms with E-state index in [1.807, 2.05) is 6.92 Å². The standard InChI is InChI=1S/C19H26F2N4O4S2/c1-3-17(30)22-11-14-12-25(19(26)29-14)13-9-15(20)18(16(21)10-13)23-5-7-24(8-6-23)31(27,28)4-2/h9-10,14H,3-8,11-12H2,1-2H3,(H,22,30)/t14-/m0/s1. The molecule has 0 radical (unpaired) electrons. The number of carbonyl (C=O) groups is 1. The zero-order valence-corrected chi connectivity index (χ0v) is 19.1. The van der Waals surface area contributed by atoms with Crippen LogP contribution in [0.15, 0.2) is 12.1 Å². The Hall–Kier alpha value is -2.05. The van der Waals surface area contributed by atoms with Crippen molar-refractivity contribution in [3.8, 4) is 0 Å². The van der Waals surface area contributed by atoms with Crippen LogP contribution in [-0.2, 0) is 14.8 Å². The van der Waals surface area contributed by atoms with Gasteiger partial charge in [0.15, 0.2) is 11.6 Å². The zero-order valence-electron chi connectivity index (χ0n) is 17.4. The minimum atomic E-state index is -3.34. The van der Waals surface area contributed by atoms with Crippen LogP contribution >= 0.6 is 12.2 Å². The lowest BCUT2D eigenvalue weighted by Crippen LogP contribution is -2.49. The van der Waals surface area contributed by atoms with Gasteiger partial charge in [0.25, 0.3) is 0 Å². The van der Waals surface area contributed by atoms with Crippen molar-refractivity contribution in [2.75, 3.05) is 54.8 Å². The van der Waals surface area contributed by atoms with Gasteiger partial charge in [-0.15, -0.1) is 0 Å². The summed E-state index contributed by atoms with van der Waals surface area (Å²) >= 11 is 5.08. The summed E-state index contributed by atoms with van der Waals surface area (Å²) < 4.78 is 60.2. The average molecular weight is 477 g/mol. The monoisotopic (exact) mass is 476 g/mol. The topological polar surface area (TPSA) is 82.2 Å². The molecule has 0 aromatic heterocycles. The van der Waals surface area contributed by atoms with Gasteiger partial charge in [0.05, 0.1) is 29.5 Å². The number of ether oxygens (including phenoxy) is 1. The maximum atomic E-state index is 14.8. The SMILES string of the molecule is CCC(=S)NC[C@H]1CN(c2cc(F)c(N3CCN(S(=O)(=O)CC)CC3)c(F)c2)C(=O)O1. The molecule has 0 bridgehead atoms. The second-order valence-corrected chi connectivity index (χ2v) is 10.1. The van der Waals surface area contributed by atoms with Crippen molar-refractivity contribution in [1.82, 2.24) is 9.62 Å². The van der Waals surface area contributed by atoms with Crippen LogP contribution in [0, 0.1) is 11.6 Å². The van der Waals surface area contributed by atoms with Crippen LogP contribution in [-0.4, -0.2) is 74.9 Å². The highest BCUT2D eigenvalue weighted by atomic mass is 32.2. The number of piperazine rings is 1. The Morgan fingerprint density at radius 3 is 2.35 bits per heavy atom. The number of amides is 1. The number of thiocarbonyl (C=S) groups is 1. The Morgan fingerprint density at radius 1 is 1.19 bits per heavy atom. The molecule has 1 N–H and O–H groups in total. The first-order chi connectivity index (χ1) is 14.7. The average Bonchev–Trinajstić information content (AvgIpc) is 3.12. The number of halogens is 2. The fourth-order valence-corrected chi connectivity index (χ4v) is 4.74. The van der Waals surface area contributed by atoms with Crippen LogP contribution < -0.4 is 15.1 Å². The lowest BCUT2D eigenvalue weighted by molar-refractivity contribution is 0.143. The Balaban J connectivity index is 1.70. The van der Waals surface area contributed by atoms with Crippen LogP contribution in [0.4, 0.5) is 25.0 Å². The van der Waals surface area contributed by atoms with E-state index in [9.17, 15) is 22.0 Å². The Bertz CT molecular complexity index is 929. The van der Waals surface area contributed by atoms with Crippen molar-refractivity contribution in [2.45, 2.75) is 26.4 Å². The Kier molecular flexibility index (Phi) is 7.32. The summed E-state index contributed by atoms with van der Waals surface area (Å²) in [5, 5.41) is 2.99. The van der Waals surface area contributed by atoms with E-state index in [2.05, 4.69) is 5.32 Å². The molecule has 2 fully saturated rings. The van der Waals surface area contributed by atoms with Gasteiger partial charge in [-0.3, -0.25) is 4.90 Å². The van der Waals surface area contributed by atoms with Gasteiger partial charge in [0, 0.05) is 38.3 Å². The highest BCUT2D eigenvalue weighted by Crippen LogP contribution is 2.31. The summed E-state index contributed by atoms with van der Waals surface area (Å²) in [5.74, 6) is -1.65. The predicted molar refractivity (Wildman–Crippen MR) is 118 cm³/mol. The predicted octanol–water partition coefficient (Wildman–Crippen LogP) is 2.09. The van der Waals surface area contributed by atoms with Crippen molar-refractivity contribution in [3.63, 3.8) is 0 Å². The summed E-state index contributed by atoms with van der Waals surface area (Å²) in [6.45, 7) is 4.58. The number of nitrogens with one attached hydrogen (secondary N) is 1. The zero-order chi connectivity index (χ0) is 22.8. The number of benzene rings is 1. The van der Waals surface area contributed by atoms with E-state index < -0.39 is 33.9 Å². The minimum Gasteiger partial charge on any atom is -0.442 e. The Labute approximate surface area is 186 Å². The number of hydrogen-bond acceptors (Lipinski definition) is 6. The van der Waals surface area contributed by atoms with Gasteiger partial charge in [0.2, 0.25) is 10.0 Å². The van der Waals surface area contributed by atoms with Crippen molar-refractivity contribution >= 4 is 44.7 Å². The van der Waals surface area contributed by atoms with E-state index in [0.717, 1.165) is 12.1 Å². The first kappa shape index (κ1) is 23.6. The number of nitrogens with zero attached hydrogens (tertiary/aromatic N) is 3. The van der Waals surface area contributed by atoms with E-state index in [1.165, 1.54) is 14.1 Å². The molecule has 8 nitrogen and oxygen atoms in total. The number of hydrogen-bond donors (Lipinski definition) is 1. The van der Waals surface area contributed by atoms with E-state index in [0.29, 0.717) is 18.0 Å². The highest BCUT2D eigenvalue weighted by Gasteiger charge is 2.34. The van der Waals surface area contributed by atoms with E-state index in [-0.39, 0.29) is 49.9 Å². The number of anilines is 2. The lowest BCUT2D eigenvalue weighted by atomic mass is 10.2. The van der Waals surface area contributed by atoms with Crippen LogP contribution in [0.3, 0.4) is 0 Å². The fraction of sp³-hybridized carbons (Fsp3) is 0.579. The third kappa shape index (κ3) is 5.24. The molecule has 3 rings (SSSR count). The quantitative estimate of drug-likeness (QED) is 0.604. The molecule has 172 valence electrons. The molecule has 0 saturated carbocycles. The fourth-order valence-electron chi connectivity index (χ4n) is 3.57. The first-order valence-electron chi connectivity index (χ1n) is 10.1. The molecule has 1 amide bonds. The molecule has 2 heterocycles. The summed E-state index contributed by atoms with van der Waals surface area (Å²) in [7, 11) is -3.34. The molecule has 12 heteroatoms. The van der Waals surface area contributed by atoms with Crippen LogP contribution in [0.1, 0.15) is 20.3 Å². The second-order valence-electron chi connectivity index (χ2n) is 7.32. The molecule has 31 heavy (non-hydrogen) atoms. The number of carbonyl (C=O) groups excluding carboxylic acids is 1.